The third kappa shape index (κ3) is 5.12. The van der Waals surface area contributed by atoms with Gasteiger partial charge in [0.2, 0.25) is 15.9 Å². The van der Waals surface area contributed by atoms with E-state index < -0.39 is 21.7 Å². The first-order valence-corrected chi connectivity index (χ1v) is 12.0. The van der Waals surface area contributed by atoms with Crippen molar-refractivity contribution in [3.8, 4) is 11.5 Å². The zero-order chi connectivity index (χ0) is 23.0. The van der Waals surface area contributed by atoms with E-state index in [0.29, 0.717) is 17.9 Å². The second-order valence-electron chi connectivity index (χ2n) is 8.60. The van der Waals surface area contributed by atoms with Crippen molar-refractivity contribution in [2.75, 3.05) is 17.7 Å². The highest BCUT2D eigenvalue weighted by Gasteiger charge is 2.37. The van der Waals surface area contributed by atoms with Crippen molar-refractivity contribution < 1.29 is 22.7 Å². The number of fused-ring (bicyclic) bond motifs is 1. The number of amides is 1. The van der Waals surface area contributed by atoms with Crippen molar-refractivity contribution in [2.24, 2.45) is 0 Å². The summed E-state index contributed by atoms with van der Waals surface area (Å²) in [5.74, 6) is 0.963. The number of ether oxygens (including phenoxy) is 2. The normalized spacial score (nSPS) is 18.3. The molecule has 0 aliphatic carbocycles. The Bertz CT molecular complexity index is 1060. The van der Waals surface area contributed by atoms with Gasteiger partial charge in [-0.05, 0) is 63.6 Å². The summed E-state index contributed by atoms with van der Waals surface area (Å²) in [5.41, 5.74) is 1.89. The van der Waals surface area contributed by atoms with Gasteiger partial charge in [-0.3, -0.25) is 9.10 Å². The van der Waals surface area contributed by atoms with Crippen LogP contribution in [0.1, 0.15) is 44.4 Å². The smallest absolute Gasteiger partial charge is 0.244 e. The molecule has 1 amide bonds. The Hall–Kier alpha value is -2.74. The predicted octanol–water partition coefficient (Wildman–Crippen LogP) is 3.58. The molecule has 1 aliphatic heterocycles. The van der Waals surface area contributed by atoms with Crippen LogP contribution in [0.3, 0.4) is 0 Å². The van der Waals surface area contributed by atoms with E-state index in [1.165, 1.54) is 7.11 Å². The van der Waals surface area contributed by atoms with E-state index in [0.717, 1.165) is 27.4 Å². The molecular formula is C23H30N2O5S. The number of hydrogen-bond acceptors (Lipinski definition) is 5. The number of methoxy groups -OCH3 is 1. The van der Waals surface area contributed by atoms with E-state index in [9.17, 15) is 13.2 Å². The summed E-state index contributed by atoms with van der Waals surface area (Å²) in [6.07, 6.45) is 1.67. The molecule has 0 unspecified atom stereocenters. The molecule has 2 aromatic carbocycles. The molecule has 8 heteroatoms. The average Bonchev–Trinajstić information content (AvgIpc) is 2.66. The van der Waals surface area contributed by atoms with Gasteiger partial charge in [0.1, 0.15) is 23.1 Å². The summed E-state index contributed by atoms with van der Waals surface area (Å²) < 4.78 is 37.5. The van der Waals surface area contributed by atoms with Gasteiger partial charge in [0.05, 0.1) is 25.1 Å². The van der Waals surface area contributed by atoms with Gasteiger partial charge in [-0.1, -0.05) is 12.1 Å². The molecule has 0 spiro atoms. The first-order valence-electron chi connectivity index (χ1n) is 10.1. The molecule has 0 fully saturated rings. The van der Waals surface area contributed by atoms with Gasteiger partial charge < -0.3 is 14.8 Å². The molecule has 0 saturated heterocycles. The van der Waals surface area contributed by atoms with Crippen LogP contribution in [0.4, 0.5) is 5.69 Å². The SMILES string of the molecule is COc1ccc(N([C@H](C)C(=O)N[C@@H]2CC(C)(C)Oc3cc(C)ccc32)S(C)(=O)=O)cc1. The summed E-state index contributed by atoms with van der Waals surface area (Å²) in [7, 11) is -2.17. The monoisotopic (exact) mass is 446 g/mol. The lowest BCUT2D eigenvalue weighted by Crippen LogP contribution is -2.50. The van der Waals surface area contributed by atoms with Crippen molar-refractivity contribution in [1.29, 1.82) is 0 Å². The third-order valence-corrected chi connectivity index (χ3v) is 6.60. The fourth-order valence-corrected chi connectivity index (χ4v) is 5.09. The molecule has 0 radical (unpaired) electrons. The second kappa shape index (κ2) is 8.42. The minimum absolute atomic E-state index is 0.286. The number of benzene rings is 2. The molecule has 2 aromatic rings. The van der Waals surface area contributed by atoms with E-state index >= 15 is 0 Å². The van der Waals surface area contributed by atoms with Gasteiger partial charge in [0, 0.05) is 12.0 Å². The Morgan fingerprint density at radius 3 is 2.45 bits per heavy atom. The number of carbonyl (C=O) groups is 1. The fraction of sp³-hybridized carbons (Fsp3) is 0.435. The first-order chi connectivity index (χ1) is 14.4. The van der Waals surface area contributed by atoms with E-state index in [1.54, 1.807) is 31.2 Å². The molecule has 2 atom stereocenters. The summed E-state index contributed by atoms with van der Waals surface area (Å²) in [6, 6.07) is 11.2. The van der Waals surface area contributed by atoms with Gasteiger partial charge in [0.15, 0.2) is 0 Å². The molecule has 1 aliphatic rings. The summed E-state index contributed by atoms with van der Waals surface area (Å²) in [6.45, 7) is 7.52. The number of anilines is 1. The maximum Gasteiger partial charge on any atom is 0.244 e. The molecule has 1 N–H and O–H groups in total. The Labute approximate surface area is 184 Å². The van der Waals surface area contributed by atoms with Crippen LogP contribution in [0.2, 0.25) is 0 Å². The lowest BCUT2D eigenvalue weighted by molar-refractivity contribution is -0.123. The lowest BCUT2D eigenvalue weighted by Gasteiger charge is -2.39. The van der Waals surface area contributed by atoms with Crippen molar-refractivity contribution in [1.82, 2.24) is 5.32 Å². The van der Waals surface area contributed by atoms with Gasteiger partial charge in [0.25, 0.3) is 0 Å². The number of hydrogen-bond donors (Lipinski definition) is 1. The molecule has 168 valence electrons. The molecule has 7 nitrogen and oxygen atoms in total. The van der Waals surface area contributed by atoms with Crippen molar-refractivity contribution in [3.05, 3.63) is 53.6 Å². The summed E-state index contributed by atoms with van der Waals surface area (Å²) in [4.78, 5) is 13.2. The third-order valence-electron chi connectivity index (χ3n) is 5.36. The Morgan fingerprint density at radius 2 is 1.87 bits per heavy atom. The van der Waals surface area contributed by atoms with Crippen LogP contribution in [-0.4, -0.2) is 39.3 Å². The van der Waals surface area contributed by atoms with E-state index in [1.807, 2.05) is 39.0 Å². The number of rotatable bonds is 6. The fourth-order valence-electron chi connectivity index (χ4n) is 3.92. The average molecular weight is 447 g/mol. The summed E-state index contributed by atoms with van der Waals surface area (Å²) >= 11 is 0. The zero-order valence-corrected chi connectivity index (χ0v) is 19.6. The van der Waals surface area contributed by atoms with Crippen molar-refractivity contribution in [2.45, 2.75) is 51.8 Å². The standard InChI is InChI=1S/C23H30N2O5S/c1-15-7-12-19-20(14-23(3,4)30-21(19)13-15)24-22(26)16(2)25(31(6,27)28)17-8-10-18(29-5)11-9-17/h7-13,16,20H,14H2,1-6H3,(H,24,26)/t16-,20-/m1/s1. The van der Waals surface area contributed by atoms with Crippen molar-refractivity contribution in [3.63, 3.8) is 0 Å². The first kappa shape index (κ1) is 22.9. The van der Waals surface area contributed by atoms with Crippen LogP contribution in [0, 0.1) is 6.92 Å². The minimum Gasteiger partial charge on any atom is -0.497 e. The van der Waals surface area contributed by atoms with E-state index in [-0.39, 0.29) is 11.9 Å². The molecule has 0 aromatic heterocycles. The molecular weight excluding hydrogens is 416 g/mol. The number of nitrogens with one attached hydrogen (secondary N) is 1. The predicted molar refractivity (Wildman–Crippen MR) is 121 cm³/mol. The largest absolute Gasteiger partial charge is 0.497 e. The Kier molecular flexibility index (Phi) is 6.23. The highest BCUT2D eigenvalue weighted by atomic mass is 32.2. The van der Waals surface area contributed by atoms with Crippen LogP contribution in [-0.2, 0) is 14.8 Å². The molecule has 1 heterocycles. The molecule has 3 rings (SSSR count). The lowest BCUT2D eigenvalue weighted by atomic mass is 9.89. The number of nitrogens with zero attached hydrogens (tertiary/aromatic N) is 1. The zero-order valence-electron chi connectivity index (χ0n) is 18.8. The summed E-state index contributed by atoms with van der Waals surface area (Å²) in [5, 5.41) is 3.05. The van der Waals surface area contributed by atoms with Crippen molar-refractivity contribution >= 4 is 21.6 Å². The van der Waals surface area contributed by atoms with Gasteiger partial charge >= 0.3 is 0 Å². The highest BCUT2D eigenvalue weighted by Crippen LogP contribution is 2.40. The number of aryl methyl sites for hydroxylation is 1. The quantitative estimate of drug-likeness (QED) is 0.733. The Balaban J connectivity index is 1.89. The molecule has 0 saturated carbocycles. The van der Waals surface area contributed by atoms with Crippen LogP contribution in [0.25, 0.3) is 0 Å². The maximum atomic E-state index is 13.2. The molecule has 0 bridgehead atoms. The van der Waals surface area contributed by atoms with Gasteiger partial charge in [-0.2, -0.15) is 0 Å². The Morgan fingerprint density at radius 1 is 1.23 bits per heavy atom. The topological polar surface area (TPSA) is 84.9 Å². The second-order valence-corrected chi connectivity index (χ2v) is 10.5. The van der Waals surface area contributed by atoms with Crippen LogP contribution in [0.5, 0.6) is 11.5 Å². The highest BCUT2D eigenvalue weighted by molar-refractivity contribution is 7.92. The van der Waals surface area contributed by atoms with Crippen LogP contribution in [0.15, 0.2) is 42.5 Å². The van der Waals surface area contributed by atoms with Gasteiger partial charge in [-0.25, -0.2) is 8.42 Å². The van der Waals surface area contributed by atoms with Crippen LogP contribution >= 0.6 is 0 Å². The van der Waals surface area contributed by atoms with E-state index in [2.05, 4.69) is 5.32 Å². The van der Waals surface area contributed by atoms with E-state index in [4.69, 9.17) is 9.47 Å². The maximum absolute atomic E-state index is 13.2. The van der Waals surface area contributed by atoms with Crippen LogP contribution < -0.4 is 19.1 Å². The number of sulfonamides is 1. The number of carbonyl (C=O) groups excluding carboxylic acids is 1. The van der Waals surface area contributed by atoms with Gasteiger partial charge in [-0.15, -0.1) is 0 Å². The minimum atomic E-state index is -3.70. The molecule has 31 heavy (non-hydrogen) atoms.